The van der Waals surface area contributed by atoms with E-state index in [9.17, 15) is 0 Å². The molecule has 84 valence electrons. The lowest BCUT2D eigenvalue weighted by Gasteiger charge is -2.02. The Bertz CT molecular complexity index is 477. The summed E-state index contributed by atoms with van der Waals surface area (Å²) in [7, 11) is 0. The van der Waals surface area contributed by atoms with Gasteiger partial charge in [-0.2, -0.15) is 0 Å². The Morgan fingerprint density at radius 1 is 1.38 bits per heavy atom. The van der Waals surface area contributed by atoms with Gasteiger partial charge in [-0.3, -0.25) is 0 Å². The number of aromatic nitrogens is 1. The molecule has 2 aromatic heterocycles. The van der Waals surface area contributed by atoms with Gasteiger partial charge in [-0.25, -0.2) is 4.98 Å². The molecule has 1 N–H and O–H groups in total. The Morgan fingerprint density at radius 2 is 2.31 bits per heavy atom. The van der Waals surface area contributed by atoms with Crippen molar-refractivity contribution in [1.29, 1.82) is 0 Å². The molecule has 0 fully saturated rings. The fourth-order valence-corrected chi connectivity index (χ4v) is 3.93. The SMILES string of the molecule is Cc1cscc1NCc1nc2c(s1)CCC2. The van der Waals surface area contributed by atoms with Crippen LogP contribution in [0.25, 0.3) is 0 Å². The van der Waals surface area contributed by atoms with Gasteiger partial charge in [-0.05, 0) is 37.1 Å². The highest BCUT2D eigenvalue weighted by atomic mass is 32.1. The van der Waals surface area contributed by atoms with Crippen LogP contribution in [0.15, 0.2) is 10.8 Å². The summed E-state index contributed by atoms with van der Waals surface area (Å²) in [5, 5.41) is 9.02. The van der Waals surface area contributed by atoms with E-state index in [0.717, 1.165) is 6.54 Å². The smallest absolute Gasteiger partial charge is 0.112 e. The van der Waals surface area contributed by atoms with E-state index in [-0.39, 0.29) is 0 Å². The zero-order chi connectivity index (χ0) is 11.0. The van der Waals surface area contributed by atoms with Gasteiger partial charge in [-0.1, -0.05) is 0 Å². The van der Waals surface area contributed by atoms with Crippen LogP contribution in [0.1, 0.15) is 27.6 Å². The van der Waals surface area contributed by atoms with Crippen LogP contribution < -0.4 is 5.32 Å². The standard InChI is InChI=1S/C12H14N2S2/c1-8-6-15-7-10(8)13-5-12-14-9-3-2-4-11(9)16-12/h6-7,13H,2-5H2,1H3. The molecule has 0 spiro atoms. The Labute approximate surface area is 103 Å². The molecule has 16 heavy (non-hydrogen) atoms. The highest BCUT2D eigenvalue weighted by Crippen LogP contribution is 2.28. The number of rotatable bonds is 3. The van der Waals surface area contributed by atoms with Crippen molar-refractivity contribution in [3.05, 3.63) is 31.9 Å². The number of aryl methyl sites for hydroxylation is 3. The lowest BCUT2D eigenvalue weighted by Crippen LogP contribution is -1.99. The predicted molar refractivity (Wildman–Crippen MR) is 70.5 cm³/mol. The van der Waals surface area contributed by atoms with Crippen molar-refractivity contribution in [3.8, 4) is 0 Å². The Balaban J connectivity index is 1.69. The first-order valence-corrected chi connectivity index (χ1v) is 7.33. The first-order chi connectivity index (χ1) is 7.83. The van der Waals surface area contributed by atoms with Gasteiger partial charge in [0.15, 0.2) is 0 Å². The fourth-order valence-electron chi connectivity index (χ4n) is 2.03. The van der Waals surface area contributed by atoms with Crippen LogP contribution in [-0.2, 0) is 19.4 Å². The average molecular weight is 250 g/mol. The molecule has 0 saturated heterocycles. The zero-order valence-corrected chi connectivity index (χ0v) is 10.9. The molecule has 2 nitrogen and oxygen atoms in total. The molecule has 0 aromatic carbocycles. The lowest BCUT2D eigenvalue weighted by atomic mass is 10.3. The topological polar surface area (TPSA) is 24.9 Å². The van der Waals surface area contributed by atoms with E-state index in [4.69, 9.17) is 0 Å². The average Bonchev–Trinajstić information content (AvgIpc) is 2.89. The quantitative estimate of drug-likeness (QED) is 0.900. The minimum Gasteiger partial charge on any atom is -0.378 e. The van der Waals surface area contributed by atoms with E-state index in [1.165, 1.54) is 46.1 Å². The molecular weight excluding hydrogens is 236 g/mol. The summed E-state index contributed by atoms with van der Waals surface area (Å²) in [5.74, 6) is 0. The normalized spacial score (nSPS) is 14.1. The second-order valence-electron chi connectivity index (χ2n) is 4.15. The van der Waals surface area contributed by atoms with Crippen molar-refractivity contribution >= 4 is 28.4 Å². The third-order valence-corrected chi connectivity index (χ3v) is 4.94. The van der Waals surface area contributed by atoms with Crippen molar-refractivity contribution in [2.45, 2.75) is 32.7 Å². The van der Waals surface area contributed by atoms with Gasteiger partial charge < -0.3 is 5.32 Å². The zero-order valence-electron chi connectivity index (χ0n) is 9.25. The molecular formula is C12H14N2S2. The molecule has 0 aliphatic heterocycles. The first-order valence-electron chi connectivity index (χ1n) is 5.57. The van der Waals surface area contributed by atoms with E-state index in [1.54, 1.807) is 11.3 Å². The van der Waals surface area contributed by atoms with Crippen molar-refractivity contribution < 1.29 is 0 Å². The number of hydrogen-bond acceptors (Lipinski definition) is 4. The minimum absolute atomic E-state index is 0.870. The maximum Gasteiger partial charge on any atom is 0.112 e. The number of hydrogen-bond donors (Lipinski definition) is 1. The Hall–Kier alpha value is -0.870. The second kappa shape index (κ2) is 4.18. The van der Waals surface area contributed by atoms with Crippen molar-refractivity contribution in [3.63, 3.8) is 0 Å². The molecule has 1 aliphatic carbocycles. The molecule has 2 aromatic rings. The molecule has 4 heteroatoms. The van der Waals surface area contributed by atoms with Gasteiger partial charge in [0.1, 0.15) is 5.01 Å². The molecule has 0 radical (unpaired) electrons. The summed E-state index contributed by atoms with van der Waals surface area (Å²) in [6.07, 6.45) is 3.72. The summed E-state index contributed by atoms with van der Waals surface area (Å²) in [5.41, 5.74) is 3.93. The molecule has 0 saturated carbocycles. The van der Waals surface area contributed by atoms with Gasteiger partial charge in [0.05, 0.1) is 12.2 Å². The third kappa shape index (κ3) is 1.87. The molecule has 2 heterocycles. The number of nitrogens with one attached hydrogen (secondary N) is 1. The van der Waals surface area contributed by atoms with E-state index in [1.807, 2.05) is 11.3 Å². The monoisotopic (exact) mass is 250 g/mol. The summed E-state index contributed by atoms with van der Waals surface area (Å²) in [6.45, 7) is 3.01. The highest BCUT2D eigenvalue weighted by Gasteiger charge is 2.16. The first kappa shape index (κ1) is 10.3. The maximum atomic E-state index is 4.68. The van der Waals surface area contributed by atoms with Crippen LogP contribution >= 0.6 is 22.7 Å². The molecule has 1 aliphatic rings. The van der Waals surface area contributed by atoms with Crippen LogP contribution in [0.3, 0.4) is 0 Å². The van der Waals surface area contributed by atoms with E-state index >= 15 is 0 Å². The molecule has 0 atom stereocenters. The maximum absolute atomic E-state index is 4.68. The number of nitrogens with zero attached hydrogens (tertiary/aromatic N) is 1. The van der Waals surface area contributed by atoms with Crippen molar-refractivity contribution in [2.75, 3.05) is 5.32 Å². The predicted octanol–water partition coefficient (Wildman–Crippen LogP) is 3.61. The summed E-state index contributed by atoms with van der Waals surface area (Å²) in [4.78, 5) is 6.19. The van der Waals surface area contributed by atoms with E-state index in [0.29, 0.717) is 0 Å². The van der Waals surface area contributed by atoms with E-state index in [2.05, 4.69) is 28.0 Å². The lowest BCUT2D eigenvalue weighted by molar-refractivity contribution is 0.891. The number of anilines is 1. The second-order valence-corrected chi connectivity index (χ2v) is 6.06. The van der Waals surface area contributed by atoms with Gasteiger partial charge in [0.2, 0.25) is 0 Å². The minimum atomic E-state index is 0.870. The van der Waals surface area contributed by atoms with Gasteiger partial charge >= 0.3 is 0 Å². The van der Waals surface area contributed by atoms with Crippen LogP contribution in [0, 0.1) is 6.92 Å². The number of fused-ring (bicyclic) bond motifs is 1. The van der Waals surface area contributed by atoms with Crippen LogP contribution in [0.5, 0.6) is 0 Å². The molecule has 0 bridgehead atoms. The number of thiophene rings is 1. The fraction of sp³-hybridized carbons (Fsp3) is 0.417. The van der Waals surface area contributed by atoms with Crippen molar-refractivity contribution in [2.24, 2.45) is 0 Å². The van der Waals surface area contributed by atoms with Gasteiger partial charge in [-0.15, -0.1) is 22.7 Å². The summed E-state index contributed by atoms with van der Waals surface area (Å²) >= 11 is 3.63. The van der Waals surface area contributed by atoms with Crippen molar-refractivity contribution in [1.82, 2.24) is 4.98 Å². The highest BCUT2D eigenvalue weighted by molar-refractivity contribution is 7.11. The summed E-state index contributed by atoms with van der Waals surface area (Å²) in [6, 6.07) is 0. The van der Waals surface area contributed by atoms with Crippen LogP contribution in [-0.4, -0.2) is 4.98 Å². The van der Waals surface area contributed by atoms with Crippen LogP contribution in [0.4, 0.5) is 5.69 Å². The third-order valence-electron chi connectivity index (χ3n) is 2.93. The molecule has 0 unspecified atom stereocenters. The number of thiazole rings is 1. The Morgan fingerprint density at radius 3 is 3.06 bits per heavy atom. The summed E-state index contributed by atoms with van der Waals surface area (Å²) < 4.78 is 0. The van der Waals surface area contributed by atoms with Gasteiger partial charge in [0, 0.05) is 15.9 Å². The Kier molecular flexibility index (Phi) is 2.69. The molecule has 3 rings (SSSR count). The van der Waals surface area contributed by atoms with Crippen LogP contribution in [0.2, 0.25) is 0 Å². The van der Waals surface area contributed by atoms with E-state index < -0.39 is 0 Å². The largest absolute Gasteiger partial charge is 0.378 e. The van der Waals surface area contributed by atoms with Gasteiger partial charge in [0.25, 0.3) is 0 Å². The molecule has 0 amide bonds.